The van der Waals surface area contributed by atoms with Crippen LogP contribution < -0.4 is 5.73 Å². The first-order chi connectivity index (χ1) is 8.56. The van der Waals surface area contributed by atoms with Gasteiger partial charge in [0.1, 0.15) is 5.75 Å². The minimum Gasteiger partial charge on any atom is -0.507 e. The molecule has 0 aliphatic heterocycles. The lowest BCUT2D eigenvalue weighted by Crippen LogP contribution is -1.86. The molecule has 2 rings (SSSR count). The molecule has 0 spiro atoms. The molecule has 2 aromatic carbocycles. The van der Waals surface area contributed by atoms with Crippen molar-refractivity contribution in [3.05, 3.63) is 50.9 Å². The topological polar surface area (TPSA) is 58.6 Å². The third kappa shape index (κ3) is 3.11. The number of rotatable bonds is 2. The number of nitrogens with zero attached hydrogens (tertiary/aromatic N) is 1. The molecule has 92 valence electrons. The molecule has 0 bridgehead atoms. The number of anilines is 1. The zero-order valence-electron chi connectivity index (χ0n) is 9.27. The zero-order valence-corrected chi connectivity index (χ0v) is 12.4. The Morgan fingerprint density at radius 1 is 1.06 bits per heavy atom. The maximum Gasteiger partial charge on any atom is 0.124 e. The molecule has 5 heteroatoms. The van der Waals surface area contributed by atoms with E-state index < -0.39 is 0 Å². The second-order valence-corrected chi connectivity index (χ2v) is 5.50. The van der Waals surface area contributed by atoms with Crippen molar-refractivity contribution in [3.8, 4) is 5.75 Å². The first-order valence-corrected chi connectivity index (χ1v) is 6.72. The largest absolute Gasteiger partial charge is 0.507 e. The van der Waals surface area contributed by atoms with Gasteiger partial charge in [0, 0.05) is 20.7 Å². The number of hydrogen-bond donors (Lipinski definition) is 2. The highest BCUT2D eigenvalue weighted by Gasteiger charge is 2.01. The molecule has 18 heavy (non-hydrogen) atoms. The third-order valence-electron chi connectivity index (χ3n) is 2.32. The Morgan fingerprint density at radius 2 is 1.72 bits per heavy atom. The summed E-state index contributed by atoms with van der Waals surface area (Å²) in [4.78, 5) is 4.28. The first kappa shape index (κ1) is 13.1. The molecular formula is C13H10Br2N2O. The third-order valence-corrected chi connectivity index (χ3v) is 3.31. The van der Waals surface area contributed by atoms with Gasteiger partial charge in [-0.15, -0.1) is 0 Å². The van der Waals surface area contributed by atoms with Crippen molar-refractivity contribution in [2.75, 3.05) is 5.73 Å². The number of hydrogen-bond acceptors (Lipinski definition) is 3. The Kier molecular flexibility index (Phi) is 4.04. The quantitative estimate of drug-likeness (QED) is 0.614. The number of aromatic hydroxyl groups is 1. The number of phenolic OH excluding ortho intramolecular Hbond substituents is 1. The van der Waals surface area contributed by atoms with Gasteiger partial charge in [0.25, 0.3) is 0 Å². The molecule has 0 fully saturated rings. The summed E-state index contributed by atoms with van der Waals surface area (Å²) in [5.74, 6) is 0.176. The fraction of sp³-hybridized carbons (Fsp3) is 0. The lowest BCUT2D eigenvalue weighted by atomic mass is 10.2. The van der Waals surface area contributed by atoms with Gasteiger partial charge in [0.05, 0.1) is 11.4 Å². The van der Waals surface area contributed by atoms with Crippen molar-refractivity contribution < 1.29 is 5.11 Å². The number of aliphatic imine (C=N–C) groups is 1. The predicted molar refractivity (Wildman–Crippen MR) is 81.6 cm³/mol. The highest BCUT2D eigenvalue weighted by atomic mass is 79.9. The molecule has 2 aromatic rings. The van der Waals surface area contributed by atoms with Gasteiger partial charge in [-0.05, 0) is 36.4 Å². The maximum atomic E-state index is 9.68. The van der Waals surface area contributed by atoms with Gasteiger partial charge in [-0.2, -0.15) is 0 Å². The molecule has 3 N–H and O–H groups in total. The summed E-state index contributed by atoms with van der Waals surface area (Å²) in [5, 5.41) is 9.68. The van der Waals surface area contributed by atoms with E-state index in [9.17, 15) is 5.11 Å². The maximum absolute atomic E-state index is 9.68. The molecule has 0 atom stereocenters. The lowest BCUT2D eigenvalue weighted by molar-refractivity contribution is 0.474. The fourth-order valence-corrected chi connectivity index (χ4v) is 2.12. The van der Waals surface area contributed by atoms with Gasteiger partial charge >= 0.3 is 0 Å². The standard InChI is InChI=1S/C13H10Br2N2O/c14-9-2-4-13(18)8(5-9)7-17-12-6-10(15)1-3-11(12)16/h1-7,18H,16H2. The van der Waals surface area contributed by atoms with Crippen LogP contribution in [0.2, 0.25) is 0 Å². The molecule has 0 aliphatic carbocycles. The van der Waals surface area contributed by atoms with E-state index in [4.69, 9.17) is 5.73 Å². The molecule has 3 nitrogen and oxygen atoms in total. The Morgan fingerprint density at radius 3 is 2.50 bits per heavy atom. The van der Waals surface area contributed by atoms with E-state index in [1.54, 1.807) is 30.5 Å². The van der Waals surface area contributed by atoms with E-state index >= 15 is 0 Å². The Balaban J connectivity index is 2.35. The van der Waals surface area contributed by atoms with Crippen LogP contribution in [0.1, 0.15) is 5.56 Å². The highest BCUT2D eigenvalue weighted by molar-refractivity contribution is 9.10. The van der Waals surface area contributed by atoms with E-state index in [0.717, 1.165) is 8.95 Å². The van der Waals surface area contributed by atoms with Crippen LogP contribution >= 0.6 is 31.9 Å². The summed E-state index contributed by atoms with van der Waals surface area (Å²) < 4.78 is 1.78. The van der Waals surface area contributed by atoms with Gasteiger partial charge in [0.2, 0.25) is 0 Å². The van der Waals surface area contributed by atoms with Crippen LogP contribution in [0, 0.1) is 0 Å². The molecule has 0 saturated carbocycles. The number of phenols is 1. The average Bonchev–Trinajstić information content (AvgIpc) is 2.34. The monoisotopic (exact) mass is 368 g/mol. The smallest absolute Gasteiger partial charge is 0.124 e. The van der Waals surface area contributed by atoms with E-state index in [1.165, 1.54) is 0 Å². The van der Waals surface area contributed by atoms with Crippen LogP contribution in [0.15, 0.2) is 50.3 Å². The van der Waals surface area contributed by atoms with E-state index in [2.05, 4.69) is 36.9 Å². The van der Waals surface area contributed by atoms with Gasteiger partial charge in [-0.1, -0.05) is 31.9 Å². The average molecular weight is 370 g/mol. The zero-order chi connectivity index (χ0) is 13.1. The molecule has 0 aliphatic rings. The van der Waals surface area contributed by atoms with Gasteiger partial charge in [-0.25, -0.2) is 0 Å². The van der Waals surface area contributed by atoms with Crippen LogP contribution in [0.4, 0.5) is 11.4 Å². The summed E-state index contributed by atoms with van der Waals surface area (Å²) in [6.07, 6.45) is 1.58. The van der Waals surface area contributed by atoms with Crippen molar-refractivity contribution >= 4 is 49.4 Å². The van der Waals surface area contributed by atoms with Crippen molar-refractivity contribution in [2.24, 2.45) is 4.99 Å². The summed E-state index contributed by atoms with van der Waals surface area (Å²) in [7, 11) is 0. The van der Waals surface area contributed by atoms with Crippen LogP contribution in [0.25, 0.3) is 0 Å². The minimum absolute atomic E-state index is 0.176. The van der Waals surface area contributed by atoms with E-state index in [1.807, 2.05) is 12.1 Å². The van der Waals surface area contributed by atoms with E-state index in [0.29, 0.717) is 16.9 Å². The Bertz CT molecular complexity index is 558. The van der Waals surface area contributed by atoms with Gasteiger partial charge < -0.3 is 10.8 Å². The highest BCUT2D eigenvalue weighted by Crippen LogP contribution is 2.27. The predicted octanol–water partition coefficient (Wildman–Crippen LogP) is 4.25. The summed E-state index contributed by atoms with van der Waals surface area (Å²) >= 11 is 6.71. The summed E-state index contributed by atoms with van der Waals surface area (Å²) in [6, 6.07) is 10.6. The van der Waals surface area contributed by atoms with Gasteiger partial charge in [-0.3, -0.25) is 4.99 Å². The SMILES string of the molecule is Nc1ccc(Br)cc1N=Cc1cc(Br)ccc1O. The molecule has 0 amide bonds. The lowest BCUT2D eigenvalue weighted by Gasteiger charge is -2.02. The number of benzene rings is 2. The van der Waals surface area contributed by atoms with Crippen LogP contribution in [0.3, 0.4) is 0 Å². The van der Waals surface area contributed by atoms with Crippen LogP contribution in [-0.2, 0) is 0 Å². The summed E-state index contributed by atoms with van der Waals surface area (Å²) in [5.41, 5.74) is 7.69. The molecule has 0 heterocycles. The second-order valence-electron chi connectivity index (χ2n) is 3.66. The number of nitrogens with two attached hydrogens (primary N) is 1. The molecule has 0 saturated heterocycles. The van der Waals surface area contributed by atoms with Crippen molar-refractivity contribution in [1.82, 2.24) is 0 Å². The van der Waals surface area contributed by atoms with Crippen molar-refractivity contribution in [1.29, 1.82) is 0 Å². The molecule has 0 radical (unpaired) electrons. The molecular weight excluding hydrogens is 360 g/mol. The van der Waals surface area contributed by atoms with Crippen molar-refractivity contribution in [2.45, 2.75) is 0 Å². The molecule has 0 unspecified atom stereocenters. The Hall–Kier alpha value is -1.33. The normalized spacial score (nSPS) is 11.0. The summed E-state index contributed by atoms with van der Waals surface area (Å²) in [6.45, 7) is 0. The first-order valence-electron chi connectivity index (χ1n) is 5.14. The minimum atomic E-state index is 0.176. The van der Waals surface area contributed by atoms with Gasteiger partial charge in [0.15, 0.2) is 0 Å². The number of nitrogen functional groups attached to an aromatic ring is 1. The molecule has 0 aromatic heterocycles. The van der Waals surface area contributed by atoms with Crippen LogP contribution in [0.5, 0.6) is 5.75 Å². The van der Waals surface area contributed by atoms with Crippen molar-refractivity contribution in [3.63, 3.8) is 0 Å². The second kappa shape index (κ2) is 5.54. The van der Waals surface area contributed by atoms with E-state index in [-0.39, 0.29) is 5.75 Å². The van der Waals surface area contributed by atoms with Crippen LogP contribution in [-0.4, -0.2) is 11.3 Å². The number of halogens is 2. The Labute approximate surface area is 122 Å². The fourth-order valence-electron chi connectivity index (χ4n) is 1.40.